The fourth-order valence-electron chi connectivity index (χ4n) is 12.0. The number of aromatic amines is 1. The van der Waals surface area contributed by atoms with Gasteiger partial charge in [-0.15, -0.1) is 0 Å². The second-order valence-corrected chi connectivity index (χ2v) is 23.8. The van der Waals surface area contributed by atoms with Gasteiger partial charge in [0, 0.05) is 56.1 Å². The number of carbonyl (C=O) groups excluding carboxylic acids is 2. The lowest BCUT2D eigenvalue weighted by atomic mass is 9.48. The minimum absolute atomic E-state index is 0.0661. The molecule has 3 aromatic rings. The molecule has 4 heterocycles. The first-order valence-corrected chi connectivity index (χ1v) is 26.7. The van der Waals surface area contributed by atoms with Crippen LogP contribution in [0.2, 0.25) is 0 Å². The summed E-state index contributed by atoms with van der Waals surface area (Å²) in [7, 11) is -0.00831. The zero-order chi connectivity index (χ0) is 54.0. The van der Waals surface area contributed by atoms with Crippen LogP contribution >= 0.6 is 0 Å². The maximum absolute atomic E-state index is 13.3. The Hall–Kier alpha value is -5.71. The fraction of sp³-hybridized carbons (Fsp3) is 0.647. The number of piperazine rings is 1. The van der Waals surface area contributed by atoms with E-state index in [0.29, 0.717) is 79.3 Å². The number of sulfonamides is 1. The summed E-state index contributed by atoms with van der Waals surface area (Å²) in [5, 5.41) is 44.7. The van der Waals surface area contributed by atoms with Crippen LogP contribution in [0, 0.1) is 34.5 Å². The first-order chi connectivity index (χ1) is 34.1. The lowest BCUT2D eigenvalue weighted by Crippen LogP contribution is -2.59. The van der Waals surface area contributed by atoms with Crippen LogP contribution in [0.15, 0.2) is 40.0 Å². The number of H-pyrrole nitrogens is 1. The highest BCUT2D eigenvalue weighted by Gasteiger charge is 2.61. The number of aliphatic carboxylic acids is 3. The summed E-state index contributed by atoms with van der Waals surface area (Å²) in [5.74, 6) is -1.89. The number of carboxylic acids is 3. The SMILES string of the molecule is CC(C)(C)NC(=O)[C@H]1CC[C@H]2[C@@H]3CC[C@H]4NC(=O)C=C[C@]4(C)[C@H]3CC[C@]12C.CCCc1nn(C)c2c(=O)[nH]c(-c3cc(S(=O)(=O)N4CCN(C)CC4)ccc3OCC)nc12.O=C(O)CC(O)(CC(=O)O)C(=O)O. The molecule has 1 aromatic carbocycles. The number of hydrogen-bond donors (Lipinski definition) is 7. The van der Waals surface area contributed by atoms with Crippen molar-refractivity contribution in [3.8, 4) is 17.1 Å². The highest BCUT2D eigenvalue weighted by molar-refractivity contribution is 7.89. The number of carbonyl (C=O) groups is 5. The molecule has 2 amide bonds. The number of nitrogens with one attached hydrogen (secondary N) is 3. The molecular weight excluding hydrogens is 965 g/mol. The molecule has 22 heteroatoms. The van der Waals surface area contributed by atoms with Crippen LogP contribution in [0.4, 0.5) is 0 Å². The molecule has 0 radical (unpaired) electrons. The standard InChI is InChI=1S/C23H36N2O2.C22H30N6O4S.C6H8O7/c1-21(2,3)25-20(27)17-8-7-15-14-6-9-18-23(5,13-11-19(26)24-18)16(14)10-12-22(15,17)4;1-5-7-17-19-20(27(4)25-17)22(29)24-21(23-19)16-14-15(8-9-18(16)32-6-2)33(30,31)28-12-10-26(3)11-13-28;7-3(8)1-6(13,5(11)12)2-4(9)10/h11,13-18H,6-10,12H2,1-5H3,(H,24,26)(H,25,27);8-9,14H,5-7,10-13H2,1-4H3,(H,23,24,29);13H,1-2H2,(H,7,8)(H,9,10)(H,11,12)/t14-,15-,16-,17+,18+,22-,23+;;/m0../s1. The van der Waals surface area contributed by atoms with E-state index in [2.05, 4.69) is 66.3 Å². The van der Waals surface area contributed by atoms with E-state index in [-0.39, 0.29) is 56.4 Å². The second kappa shape index (κ2) is 22.0. The number of nitrogens with zero attached hydrogens (tertiary/aromatic N) is 5. The number of rotatable bonds is 13. The van der Waals surface area contributed by atoms with E-state index >= 15 is 0 Å². The Balaban J connectivity index is 0.000000195. The summed E-state index contributed by atoms with van der Waals surface area (Å²) in [5.41, 5.74) is -0.960. The summed E-state index contributed by atoms with van der Waals surface area (Å²) in [6.45, 7) is 17.4. The summed E-state index contributed by atoms with van der Waals surface area (Å²) in [4.78, 5) is 78.0. The van der Waals surface area contributed by atoms with Gasteiger partial charge >= 0.3 is 17.9 Å². The molecule has 402 valence electrons. The zero-order valence-corrected chi connectivity index (χ0v) is 44.3. The molecule has 0 bridgehead atoms. The normalized spacial score (nSPS) is 26.2. The lowest BCUT2D eigenvalue weighted by molar-refractivity contribution is -0.170. The quantitative estimate of drug-likeness (QED) is 0.126. The van der Waals surface area contributed by atoms with Crippen molar-refractivity contribution in [3.05, 3.63) is 46.4 Å². The Kier molecular flexibility index (Phi) is 17.1. The molecule has 8 rings (SSSR count). The van der Waals surface area contributed by atoms with Crippen molar-refractivity contribution < 1.29 is 57.6 Å². The van der Waals surface area contributed by atoms with E-state index in [1.165, 1.54) is 28.2 Å². The first-order valence-electron chi connectivity index (χ1n) is 25.2. The number of aromatic nitrogens is 4. The predicted octanol–water partition coefficient (Wildman–Crippen LogP) is 4.18. The molecule has 2 aliphatic heterocycles. The molecule has 0 spiro atoms. The lowest BCUT2D eigenvalue weighted by Gasteiger charge is -2.58. The van der Waals surface area contributed by atoms with E-state index in [4.69, 9.17) is 30.1 Å². The molecule has 5 aliphatic rings. The monoisotopic (exact) mass is 1040 g/mol. The van der Waals surface area contributed by atoms with Crippen molar-refractivity contribution in [1.82, 2.24) is 39.6 Å². The van der Waals surface area contributed by atoms with Crippen molar-refractivity contribution >= 4 is 50.8 Å². The summed E-state index contributed by atoms with van der Waals surface area (Å²) < 4.78 is 35.4. The Morgan fingerprint density at radius 3 is 2.16 bits per heavy atom. The second-order valence-electron chi connectivity index (χ2n) is 21.8. The van der Waals surface area contributed by atoms with Gasteiger partial charge in [0.2, 0.25) is 21.8 Å². The zero-order valence-electron chi connectivity index (χ0n) is 43.5. The van der Waals surface area contributed by atoms with Crippen molar-refractivity contribution in [2.45, 2.75) is 135 Å². The van der Waals surface area contributed by atoms with Gasteiger partial charge in [-0.05, 0) is 127 Å². The third-order valence-corrected chi connectivity index (χ3v) is 17.5. The number of fused-ring (bicyclic) bond motifs is 6. The molecule has 3 saturated carbocycles. The molecule has 3 aliphatic carbocycles. The van der Waals surface area contributed by atoms with Crippen molar-refractivity contribution in [2.24, 2.45) is 41.5 Å². The Morgan fingerprint density at radius 2 is 1.58 bits per heavy atom. The first kappa shape index (κ1) is 56.6. The molecule has 2 aromatic heterocycles. The van der Waals surface area contributed by atoms with Gasteiger partial charge in [0.25, 0.3) is 5.56 Å². The van der Waals surface area contributed by atoms with Crippen molar-refractivity contribution in [2.75, 3.05) is 39.8 Å². The molecule has 7 N–H and O–H groups in total. The van der Waals surface area contributed by atoms with Gasteiger partial charge in [-0.2, -0.15) is 9.40 Å². The number of aliphatic hydroxyl groups is 1. The van der Waals surface area contributed by atoms with Gasteiger partial charge in [-0.1, -0.05) is 33.3 Å². The molecule has 4 fully saturated rings. The maximum Gasteiger partial charge on any atom is 0.336 e. The van der Waals surface area contributed by atoms with Gasteiger partial charge in [0.15, 0.2) is 11.1 Å². The Bertz CT molecular complexity index is 2760. The van der Waals surface area contributed by atoms with Crippen LogP contribution in [0.5, 0.6) is 5.75 Å². The maximum atomic E-state index is 13.3. The molecule has 7 atom stereocenters. The number of hydrogen-bond acceptors (Lipinski definition) is 13. The predicted molar refractivity (Wildman–Crippen MR) is 270 cm³/mol. The number of amides is 2. The number of benzene rings is 1. The van der Waals surface area contributed by atoms with Crippen LogP contribution < -0.4 is 20.9 Å². The van der Waals surface area contributed by atoms with Crippen LogP contribution in [-0.2, 0) is 47.5 Å². The van der Waals surface area contributed by atoms with Crippen LogP contribution in [0.3, 0.4) is 0 Å². The van der Waals surface area contributed by atoms with E-state index in [0.717, 1.165) is 31.4 Å². The Morgan fingerprint density at radius 1 is 0.918 bits per heavy atom. The van der Waals surface area contributed by atoms with E-state index in [9.17, 15) is 37.2 Å². The average molecular weight is 1040 g/mol. The number of likely N-dealkylation sites (N-methyl/N-ethyl adjacent to an activating group) is 1. The van der Waals surface area contributed by atoms with Gasteiger partial charge in [-0.25, -0.2) is 18.2 Å². The minimum atomic E-state index is -3.70. The summed E-state index contributed by atoms with van der Waals surface area (Å²) in [6.07, 6.45) is 9.97. The van der Waals surface area contributed by atoms with Crippen molar-refractivity contribution in [1.29, 1.82) is 0 Å². The molecule has 1 saturated heterocycles. The van der Waals surface area contributed by atoms with E-state index in [1.807, 2.05) is 20.9 Å². The van der Waals surface area contributed by atoms with E-state index < -0.39 is 46.4 Å². The number of aryl methyl sites for hydroxylation is 2. The van der Waals surface area contributed by atoms with Crippen LogP contribution in [-0.4, -0.2) is 145 Å². The molecule has 0 unspecified atom stereocenters. The summed E-state index contributed by atoms with van der Waals surface area (Å²) in [6, 6.07) is 4.99. The van der Waals surface area contributed by atoms with Crippen LogP contribution in [0.1, 0.15) is 112 Å². The smallest absolute Gasteiger partial charge is 0.336 e. The Labute approximate surface area is 426 Å². The fourth-order valence-corrected chi connectivity index (χ4v) is 13.5. The minimum Gasteiger partial charge on any atom is -0.493 e. The molecule has 73 heavy (non-hydrogen) atoms. The molecular formula is C51H74N8O13S. The van der Waals surface area contributed by atoms with Gasteiger partial charge < -0.3 is 45.7 Å². The highest BCUT2D eigenvalue weighted by atomic mass is 32.2. The summed E-state index contributed by atoms with van der Waals surface area (Å²) >= 11 is 0. The average Bonchev–Trinajstić information content (AvgIpc) is 3.82. The molecule has 21 nitrogen and oxygen atoms in total. The third-order valence-electron chi connectivity index (χ3n) is 15.6. The topological polar surface area (TPSA) is 304 Å². The highest BCUT2D eigenvalue weighted by Crippen LogP contribution is 2.65. The third kappa shape index (κ3) is 12.1. The van der Waals surface area contributed by atoms with E-state index in [1.54, 1.807) is 31.3 Å². The van der Waals surface area contributed by atoms with Crippen LogP contribution in [0.25, 0.3) is 22.4 Å². The van der Waals surface area contributed by atoms with Gasteiger partial charge in [0.1, 0.15) is 17.1 Å². The number of ether oxygens (including phenoxy) is 1. The van der Waals surface area contributed by atoms with Gasteiger partial charge in [-0.3, -0.25) is 28.7 Å². The van der Waals surface area contributed by atoms with Crippen molar-refractivity contribution in [3.63, 3.8) is 0 Å². The largest absolute Gasteiger partial charge is 0.493 e. The number of carboxylic acid groups (broad SMARTS) is 3. The van der Waals surface area contributed by atoms with Gasteiger partial charge in [0.05, 0.1) is 35.6 Å².